The number of rotatable bonds is 4. The Kier molecular flexibility index (Phi) is 3.96. The number of nitrogens with zero attached hydrogens (tertiary/aromatic N) is 3. The van der Waals surface area contributed by atoms with Crippen molar-refractivity contribution in [1.82, 2.24) is 9.97 Å². The first kappa shape index (κ1) is 10.3. The van der Waals surface area contributed by atoms with Crippen LogP contribution in [0.4, 0.5) is 5.82 Å². The Morgan fingerprint density at radius 1 is 1.54 bits per heavy atom. The molecular formula is C9H14ClN3. The van der Waals surface area contributed by atoms with Gasteiger partial charge in [-0.3, -0.25) is 4.98 Å². The van der Waals surface area contributed by atoms with Crippen LogP contribution in [0.15, 0.2) is 18.6 Å². The standard InChI is InChI=1S/C9H14ClN3/c1-8(10)3-6-13(2)9-7-11-4-5-12-9/h4-5,7-8H,3,6H2,1-2H3. The monoisotopic (exact) mass is 199 g/mol. The normalized spacial score (nSPS) is 12.5. The van der Waals surface area contributed by atoms with E-state index in [2.05, 4.69) is 9.97 Å². The van der Waals surface area contributed by atoms with Crippen LogP contribution in [0, 0.1) is 0 Å². The second-order valence-electron chi connectivity index (χ2n) is 3.05. The molecule has 0 spiro atoms. The van der Waals surface area contributed by atoms with Crippen LogP contribution in [0.25, 0.3) is 0 Å². The number of hydrogen-bond acceptors (Lipinski definition) is 3. The average Bonchev–Trinajstić information content (AvgIpc) is 2.15. The molecule has 0 aliphatic rings. The van der Waals surface area contributed by atoms with Crippen molar-refractivity contribution in [2.24, 2.45) is 0 Å². The first-order valence-corrected chi connectivity index (χ1v) is 4.75. The van der Waals surface area contributed by atoms with Crippen LogP contribution < -0.4 is 4.90 Å². The summed E-state index contributed by atoms with van der Waals surface area (Å²) < 4.78 is 0. The highest BCUT2D eigenvalue weighted by molar-refractivity contribution is 6.20. The molecule has 1 aromatic heterocycles. The topological polar surface area (TPSA) is 29.0 Å². The van der Waals surface area contributed by atoms with Crippen LogP contribution in [0.2, 0.25) is 0 Å². The van der Waals surface area contributed by atoms with E-state index in [0.29, 0.717) is 0 Å². The van der Waals surface area contributed by atoms with E-state index in [9.17, 15) is 0 Å². The summed E-state index contributed by atoms with van der Waals surface area (Å²) >= 11 is 5.85. The fraction of sp³-hybridized carbons (Fsp3) is 0.556. The first-order chi connectivity index (χ1) is 6.20. The van der Waals surface area contributed by atoms with Crippen LogP contribution in [0.1, 0.15) is 13.3 Å². The van der Waals surface area contributed by atoms with Gasteiger partial charge < -0.3 is 4.90 Å². The van der Waals surface area contributed by atoms with Gasteiger partial charge in [-0.2, -0.15) is 0 Å². The maximum Gasteiger partial charge on any atom is 0.146 e. The van der Waals surface area contributed by atoms with Crippen molar-refractivity contribution in [3.8, 4) is 0 Å². The number of hydrogen-bond donors (Lipinski definition) is 0. The molecule has 1 unspecified atom stereocenters. The second kappa shape index (κ2) is 5.02. The molecule has 72 valence electrons. The van der Waals surface area contributed by atoms with Gasteiger partial charge in [0.2, 0.25) is 0 Å². The fourth-order valence-electron chi connectivity index (χ4n) is 0.974. The smallest absolute Gasteiger partial charge is 0.146 e. The van der Waals surface area contributed by atoms with E-state index >= 15 is 0 Å². The first-order valence-electron chi connectivity index (χ1n) is 4.31. The largest absolute Gasteiger partial charge is 0.358 e. The number of aromatic nitrogens is 2. The zero-order chi connectivity index (χ0) is 9.68. The Morgan fingerprint density at radius 2 is 2.31 bits per heavy atom. The third kappa shape index (κ3) is 3.59. The minimum Gasteiger partial charge on any atom is -0.358 e. The van der Waals surface area contributed by atoms with Gasteiger partial charge in [0.1, 0.15) is 5.82 Å². The molecular weight excluding hydrogens is 186 g/mol. The maximum atomic E-state index is 5.85. The molecule has 0 saturated heterocycles. The zero-order valence-corrected chi connectivity index (χ0v) is 8.70. The highest BCUT2D eigenvalue weighted by Crippen LogP contribution is 2.07. The van der Waals surface area contributed by atoms with Gasteiger partial charge in [0.25, 0.3) is 0 Å². The molecule has 1 heterocycles. The van der Waals surface area contributed by atoms with Crippen LogP contribution in [0.5, 0.6) is 0 Å². The Morgan fingerprint density at radius 3 is 2.85 bits per heavy atom. The molecule has 0 radical (unpaired) electrons. The van der Waals surface area contributed by atoms with Gasteiger partial charge in [-0.15, -0.1) is 11.6 Å². The third-order valence-electron chi connectivity index (χ3n) is 1.80. The zero-order valence-electron chi connectivity index (χ0n) is 7.94. The van der Waals surface area contributed by atoms with E-state index in [4.69, 9.17) is 11.6 Å². The Labute approximate surface area is 83.8 Å². The summed E-state index contributed by atoms with van der Waals surface area (Å²) in [6.45, 7) is 2.90. The minimum atomic E-state index is 0.208. The van der Waals surface area contributed by atoms with Crippen LogP contribution in [0.3, 0.4) is 0 Å². The predicted molar refractivity (Wildman–Crippen MR) is 55.2 cm³/mol. The molecule has 0 amide bonds. The molecule has 0 aromatic carbocycles. The summed E-state index contributed by atoms with van der Waals surface area (Å²) in [5.74, 6) is 0.889. The summed E-state index contributed by atoms with van der Waals surface area (Å²) in [7, 11) is 1.99. The van der Waals surface area contributed by atoms with Gasteiger partial charge in [0.05, 0.1) is 6.20 Å². The molecule has 1 rings (SSSR count). The summed E-state index contributed by atoms with van der Waals surface area (Å²) in [5, 5.41) is 0.208. The Balaban J connectivity index is 2.44. The highest BCUT2D eigenvalue weighted by atomic mass is 35.5. The summed E-state index contributed by atoms with van der Waals surface area (Å²) in [4.78, 5) is 10.2. The molecule has 4 heteroatoms. The fourth-order valence-corrected chi connectivity index (χ4v) is 1.07. The van der Waals surface area contributed by atoms with Crippen molar-refractivity contribution in [3.63, 3.8) is 0 Å². The van der Waals surface area contributed by atoms with Crippen molar-refractivity contribution < 1.29 is 0 Å². The molecule has 3 nitrogen and oxygen atoms in total. The molecule has 1 aromatic rings. The molecule has 13 heavy (non-hydrogen) atoms. The van der Waals surface area contributed by atoms with E-state index < -0.39 is 0 Å². The molecule has 0 saturated carbocycles. The number of halogens is 1. The van der Waals surface area contributed by atoms with Crippen LogP contribution in [-0.2, 0) is 0 Å². The lowest BCUT2D eigenvalue weighted by atomic mass is 10.3. The summed E-state index contributed by atoms with van der Waals surface area (Å²) in [6, 6.07) is 0. The van der Waals surface area contributed by atoms with Gasteiger partial charge in [-0.1, -0.05) is 0 Å². The predicted octanol–water partition coefficient (Wildman–Crippen LogP) is 1.93. The lowest BCUT2D eigenvalue weighted by Gasteiger charge is -2.17. The van der Waals surface area contributed by atoms with Crippen LogP contribution in [-0.4, -0.2) is 28.9 Å². The van der Waals surface area contributed by atoms with Crippen molar-refractivity contribution in [2.45, 2.75) is 18.7 Å². The maximum absolute atomic E-state index is 5.85. The van der Waals surface area contributed by atoms with E-state index in [0.717, 1.165) is 18.8 Å². The van der Waals surface area contributed by atoms with E-state index in [1.54, 1.807) is 18.6 Å². The molecule has 0 aliphatic heterocycles. The van der Waals surface area contributed by atoms with Gasteiger partial charge in [-0.05, 0) is 13.3 Å². The van der Waals surface area contributed by atoms with E-state index in [-0.39, 0.29) is 5.38 Å². The van der Waals surface area contributed by atoms with Gasteiger partial charge in [-0.25, -0.2) is 4.98 Å². The van der Waals surface area contributed by atoms with Gasteiger partial charge >= 0.3 is 0 Å². The van der Waals surface area contributed by atoms with E-state index in [1.807, 2.05) is 18.9 Å². The third-order valence-corrected chi connectivity index (χ3v) is 2.02. The van der Waals surface area contributed by atoms with Crippen molar-refractivity contribution in [1.29, 1.82) is 0 Å². The highest BCUT2D eigenvalue weighted by Gasteiger charge is 2.03. The van der Waals surface area contributed by atoms with Crippen molar-refractivity contribution in [3.05, 3.63) is 18.6 Å². The van der Waals surface area contributed by atoms with Crippen molar-refractivity contribution in [2.75, 3.05) is 18.5 Å². The SMILES string of the molecule is CC(Cl)CCN(C)c1cnccn1. The van der Waals surface area contributed by atoms with E-state index in [1.165, 1.54) is 0 Å². The molecule has 0 N–H and O–H groups in total. The molecule has 0 aliphatic carbocycles. The summed E-state index contributed by atoms with van der Waals surface area (Å²) in [6.07, 6.45) is 6.06. The summed E-state index contributed by atoms with van der Waals surface area (Å²) in [5.41, 5.74) is 0. The lowest BCUT2D eigenvalue weighted by Crippen LogP contribution is -2.21. The molecule has 0 fully saturated rings. The van der Waals surface area contributed by atoms with Crippen LogP contribution >= 0.6 is 11.6 Å². The van der Waals surface area contributed by atoms with Gasteiger partial charge in [0, 0.05) is 31.4 Å². The number of alkyl halides is 1. The van der Waals surface area contributed by atoms with Crippen molar-refractivity contribution >= 4 is 17.4 Å². The number of anilines is 1. The molecule has 1 atom stereocenters. The quantitative estimate of drug-likeness (QED) is 0.694. The second-order valence-corrected chi connectivity index (χ2v) is 3.80. The molecule has 0 bridgehead atoms. The Hall–Kier alpha value is -0.830. The minimum absolute atomic E-state index is 0.208. The van der Waals surface area contributed by atoms with Gasteiger partial charge in [0.15, 0.2) is 0 Å². The Bertz CT molecular complexity index is 238. The average molecular weight is 200 g/mol. The lowest BCUT2D eigenvalue weighted by molar-refractivity contribution is 0.764.